The lowest BCUT2D eigenvalue weighted by Gasteiger charge is -2.45. The Morgan fingerprint density at radius 3 is 2.50 bits per heavy atom. The molecule has 1 aliphatic rings. The van der Waals surface area contributed by atoms with Gasteiger partial charge >= 0.3 is 5.92 Å². The number of pyridine rings is 1. The summed E-state index contributed by atoms with van der Waals surface area (Å²) >= 11 is 0. The van der Waals surface area contributed by atoms with Crippen LogP contribution < -0.4 is 5.32 Å². The zero-order valence-corrected chi connectivity index (χ0v) is 14.9. The van der Waals surface area contributed by atoms with E-state index in [0.29, 0.717) is 11.4 Å². The molecule has 26 heavy (non-hydrogen) atoms. The number of benzene rings is 1. The fraction of sp³-hybridized carbons (Fsp3) is 0.333. The van der Waals surface area contributed by atoms with Crippen LogP contribution in [-0.2, 0) is 11.3 Å². The topological polar surface area (TPSA) is 48.7 Å². The molecular formula is C21H21F2N3. The van der Waals surface area contributed by atoms with Crippen LogP contribution in [0.15, 0.2) is 48.7 Å². The third kappa shape index (κ3) is 2.96. The average Bonchev–Trinajstić information content (AvgIpc) is 2.57. The highest BCUT2D eigenvalue weighted by molar-refractivity contribution is 5.58. The summed E-state index contributed by atoms with van der Waals surface area (Å²) in [5.74, 6) is -3.66. The number of hydrogen-bond donors (Lipinski definition) is 1. The van der Waals surface area contributed by atoms with Crippen LogP contribution in [0.2, 0.25) is 0 Å². The molecule has 3 rings (SSSR count). The molecule has 134 valence electrons. The van der Waals surface area contributed by atoms with E-state index in [2.05, 4.69) is 22.9 Å². The molecule has 3 nitrogen and oxygen atoms in total. The lowest BCUT2D eigenvalue weighted by molar-refractivity contribution is 0.0570. The summed E-state index contributed by atoms with van der Waals surface area (Å²) in [5, 5.41) is 11.9. The Hall–Kier alpha value is -2.74. The van der Waals surface area contributed by atoms with Gasteiger partial charge in [0.1, 0.15) is 11.8 Å². The van der Waals surface area contributed by atoms with Gasteiger partial charge in [0.05, 0.1) is 5.69 Å². The van der Waals surface area contributed by atoms with Gasteiger partial charge in [-0.1, -0.05) is 37.3 Å². The molecule has 0 atom stereocenters. The first-order valence-corrected chi connectivity index (χ1v) is 8.60. The predicted molar refractivity (Wildman–Crippen MR) is 98.0 cm³/mol. The van der Waals surface area contributed by atoms with Crippen molar-refractivity contribution in [1.29, 1.82) is 5.26 Å². The molecule has 0 radical (unpaired) electrons. The van der Waals surface area contributed by atoms with E-state index in [1.54, 1.807) is 13.0 Å². The molecule has 5 heteroatoms. The molecule has 1 aliphatic carbocycles. The van der Waals surface area contributed by atoms with Crippen LogP contribution in [-0.4, -0.2) is 4.98 Å². The smallest absolute Gasteiger partial charge is 0.357 e. The van der Waals surface area contributed by atoms with Gasteiger partial charge in [-0.15, -0.1) is 0 Å². The summed E-state index contributed by atoms with van der Waals surface area (Å²) in [6.07, 6.45) is 2.88. The number of nitrogens with zero attached hydrogens (tertiary/aromatic N) is 2. The molecule has 0 spiro atoms. The predicted octanol–water partition coefficient (Wildman–Crippen LogP) is 5.36. The molecule has 0 amide bonds. The summed E-state index contributed by atoms with van der Waals surface area (Å²) in [7, 11) is 0. The Kier molecular flexibility index (Phi) is 4.53. The average molecular weight is 353 g/mol. The van der Waals surface area contributed by atoms with E-state index in [4.69, 9.17) is 5.26 Å². The minimum atomic E-state index is -3.66. The van der Waals surface area contributed by atoms with Gasteiger partial charge < -0.3 is 5.32 Å². The maximum absolute atomic E-state index is 14.1. The highest BCUT2D eigenvalue weighted by atomic mass is 19.3. The molecular weight excluding hydrogens is 332 g/mol. The molecule has 2 aromatic rings. The number of nitrogens with one attached hydrogen (secondary N) is 1. The Morgan fingerprint density at radius 1 is 1.23 bits per heavy atom. The van der Waals surface area contributed by atoms with Crippen LogP contribution in [0, 0.1) is 25.2 Å². The van der Waals surface area contributed by atoms with E-state index in [0.717, 1.165) is 36.5 Å². The maximum atomic E-state index is 14.1. The quantitative estimate of drug-likeness (QED) is 0.787. The minimum Gasteiger partial charge on any atom is -0.357 e. The van der Waals surface area contributed by atoms with Gasteiger partial charge in [-0.2, -0.15) is 14.0 Å². The molecule has 1 aromatic heterocycles. The monoisotopic (exact) mass is 353 g/mol. The molecule has 0 aliphatic heterocycles. The summed E-state index contributed by atoms with van der Waals surface area (Å²) in [4.78, 5) is 3.91. The highest BCUT2D eigenvalue weighted by Gasteiger charge is 2.43. The number of aromatic nitrogens is 1. The van der Waals surface area contributed by atoms with E-state index < -0.39 is 11.6 Å². The normalized spacial score (nSPS) is 15.7. The molecule has 0 saturated heterocycles. The van der Waals surface area contributed by atoms with E-state index in [1.807, 2.05) is 25.1 Å². The SMILES string of the molecule is C=C(Nc1ccc(C)nc1C(F)(F)C#N)C1(c2ccccc2C)CCC1. The lowest BCUT2D eigenvalue weighted by Crippen LogP contribution is -2.39. The number of anilines is 1. The van der Waals surface area contributed by atoms with Crippen LogP contribution in [0.1, 0.15) is 41.8 Å². The number of halogens is 2. The zero-order valence-electron chi connectivity index (χ0n) is 14.9. The van der Waals surface area contributed by atoms with Gasteiger partial charge in [0.15, 0.2) is 0 Å². The van der Waals surface area contributed by atoms with Crippen LogP contribution in [0.4, 0.5) is 14.5 Å². The molecule has 1 fully saturated rings. The zero-order chi connectivity index (χ0) is 18.9. The Morgan fingerprint density at radius 2 is 1.92 bits per heavy atom. The Bertz CT molecular complexity index is 892. The van der Waals surface area contributed by atoms with E-state index in [9.17, 15) is 8.78 Å². The highest BCUT2D eigenvalue weighted by Crippen LogP contribution is 2.50. The molecule has 0 unspecified atom stereocenters. The molecule has 0 bridgehead atoms. The third-order valence-electron chi connectivity index (χ3n) is 5.20. The van der Waals surface area contributed by atoms with Gasteiger partial charge in [-0.05, 0) is 49.9 Å². The van der Waals surface area contributed by atoms with Gasteiger partial charge in [0, 0.05) is 16.8 Å². The molecule has 1 heterocycles. The van der Waals surface area contributed by atoms with Crippen molar-refractivity contribution >= 4 is 5.69 Å². The van der Waals surface area contributed by atoms with Crippen LogP contribution in [0.25, 0.3) is 0 Å². The second-order valence-corrected chi connectivity index (χ2v) is 6.89. The Labute approximate surface area is 152 Å². The van der Waals surface area contributed by atoms with Gasteiger partial charge in [0.25, 0.3) is 0 Å². The summed E-state index contributed by atoms with van der Waals surface area (Å²) < 4.78 is 28.1. The van der Waals surface area contributed by atoms with Crippen LogP contribution in [0.5, 0.6) is 0 Å². The van der Waals surface area contributed by atoms with Crippen molar-refractivity contribution in [2.75, 3.05) is 5.32 Å². The third-order valence-corrected chi connectivity index (χ3v) is 5.20. The lowest BCUT2D eigenvalue weighted by atomic mass is 9.61. The van der Waals surface area contributed by atoms with Crippen molar-refractivity contribution in [2.24, 2.45) is 0 Å². The fourth-order valence-electron chi connectivity index (χ4n) is 3.61. The molecule has 1 saturated carbocycles. The van der Waals surface area contributed by atoms with Crippen molar-refractivity contribution in [3.8, 4) is 6.07 Å². The summed E-state index contributed by atoms with van der Waals surface area (Å²) in [6.45, 7) is 7.83. The van der Waals surface area contributed by atoms with E-state index in [-0.39, 0.29) is 11.1 Å². The first-order chi connectivity index (χ1) is 12.3. The van der Waals surface area contributed by atoms with Crippen molar-refractivity contribution in [2.45, 2.75) is 44.4 Å². The second-order valence-electron chi connectivity index (χ2n) is 6.89. The number of alkyl halides is 2. The van der Waals surface area contributed by atoms with Crippen molar-refractivity contribution in [3.63, 3.8) is 0 Å². The minimum absolute atomic E-state index is 0.131. The molecule has 1 N–H and O–H groups in total. The van der Waals surface area contributed by atoms with Gasteiger partial charge in [-0.25, -0.2) is 4.98 Å². The Balaban J connectivity index is 1.98. The number of aryl methyl sites for hydroxylation is 2. The van der Waals surface area contributed by atoms with Gasteiger partial charge in [0.2, 0.25) is 0 Å². The van der Waals surface area contributed by atoms with Crippen molar-refractivity contribution in [3.05, 3.63) is 71.2 Å². The summed E-state index contributed by atoms with van der Waals surface area (Å²) in [5.41, 5.74) is 2.71. The van der Waals surface area contributed by atoms with Crippen molar-refractivity contribution < 1.29 is 8.78 Å². The van der Waals surface area contributed by atoms with Crippen LogP contribution in [0.3, 0.4) is 0 Å². The number of nitriles is 1. The standard InChI is InChI=1S/C21H21F2N3/c1-14-7-4-5-8-17(14)20(11-6-12-20)16(3)26-18-10-9-15(2)25-19(18)21(22,23)13-24/h4-5,7-10,26H,3,6,11-12H2,1-2H3. The maximum Gasteiger partial charge on any atom is 0.375 e. The van der Waals surface area contributed by atoms with E-state index in [1.165, 1.54) is 6.07 Å². The van der Waals surface area contributed by atoms with Crippen molar-refractivity contribution in [1.82, 2.24) is 4.98 Å². The first-order valence-electron chi connectivity index (χ1n) is 8.60. The number of allylic oxidation sites excluding steroid dienone is 1. The second kappa shape index (κ2) is 6.53. The van der Waals surface area contributed by atoms with Gasteiger partial charge in [-0.3, -0.25) is 0 Å². The van der Waals surface area contributed by atoms with E-state index >= 15 is 0 Å². The first kappa shape index (κ1) is 18.1. The summed E-state index contributed by atoms with van der Waals surface area (Å²) in [6, 6.07) is 12.3. The number of rotatable bonds is 5. The largest absolute Gasteiger partial charge is 0.375 e. The number of hydrogen-bond acceptors (Lipinski definition) is 3. The fourth-order valence-corrected chi connectivity index (χ4v) is 3.61. The van der Waals surface area contributed by atoms with Crippen LogP contribution >= 0.6 is 0 Å². The molecule has 1 aromatic carbocycles.